The molecule has 1 aromatic rings. The highest BCUT2D eigenvalue weighted by atomic mass is 32.2. The van der Waals surface area contributed by atoms with Gasteiger partial charge in [-0.25, -0.2) is 0 Å². The lowest BCUT2D eigenvalue weighted by atomic mass is 10.1. The Kier molecular flexibility index (Phi) is 11.3. The lowest BCUT2D eigenvalue weighted by molar-refractivity contribution is -0.147. The Hall–Kier alpha value is -2.02. The molecule has 28 heavy (non-hydrogen) atoms. The number of hydrogen-bond acceptors (Lipinski definition) is 5. The van der Waals surface area contributed by atoms with Crippen LogP contribution < -0.4 is 10.6 Å². The van der Waals surface area contributed by atoms with Crippen molar-refractivity contribution in [1.29, 1.82) is 0 Å². The molecule has 0 aliphatic heterocycles. The van der Waals surface area contributed by atoms with Crippen LogP contribution in [-0.2, 0) is 19.1 Å². The number of ether oxygens (including phenoxy) is 1. The van der Waals surface area contributed by atoms with Crippen molar-refractivity contribution >= 4 is 35.2 Å². The van der Waals surface area contributed by atoms with Crippen LogP contribution in [-0.4, -0.2) is 41.4 Å². The zero-order valence-corrected chi connectivity index (χ0v) is 18.1. The van der Waals surface area contributed by atoms with E-state index < -0.39 is 11.2 Å². The summed E-state index contributed by atoms with van der Waals surface area (Å²) in [4.78, 5) is 35.8. The summed E-state index contributed by atoms with van der Waals surface area (Å²) in [6.07, 6.45) is 4.25. The molecule has 6 nitrogen and oxygen atoms in total. The Morgan fingerprint density at radius 2 is 1.75 bits per heavy atom. The van der Waals surface area contributed by atoms with Crippen molar-refractivity contribution in [3.63, 3.8) is 0 Å². The summed E-state index contributed by atoms with van der Waals surface area (Å²) in [7, 11) is 0. The third-order valence-corrected chi connectivity index (χ3v) is 5.25. The number of aryl methyl sites for hydroxylation is 1. The maximum absolute atomic E-state index is 12.0. The molecule has 0 bridgehead atoms. The minimum atomic E-state index is -0.529. The maximum Gasteiger partial charge on any atom is 0.319 e. The molecule has 2 N–H and O–H groups in total. The number of thioether (sulfide) groups is 1. The van der Waals surface area contributed by atoms with Gasteiger partial charge in [-0.05, 0) is 39.3 Å². The number of esters is 1. The monoisotopic (exact) mass is 408 g/mol. The summed E-state index contributed by atoms with van der Waals surface area (Å²) in [5, 5.41) is 5.08. The first kappa shape index (κ1) is 24.0. The molecule has 156 valence electrons. The molecule has 0 fully saturated rings. The second kappa shape index (κ2) is 13.2. The van der Waals surface area contributed by atoms with E-state index in [0.29, 0.717) is 0 Å². The zero-order chi connectivity index (χ0) is 20.9. The maximum atomic E-state index is 12.0. The van der Waals surface area contributed by atoms with E-state index >= 15 is 0 Å². The molecule has 0 radical (unpaired) electrons. The molecule has 7 heteroatoms. The van der Waals surface area contributed by atoms with E-state index in [1.807, 2.05) is 38.1 Å². The van der Waals surface area contributed by atoms with Crippen molar-refractivity contribution < 1.29 is 19.1 Å². The van der Waals surface area contributed by atoms with Crippen LogP contribution in [0.15, 0.2) is 24.3 Å². The first-order chi connectivity index (χ1) is 13.3. The van der Waals surface area contributed by atoms with Crippen molar-refractivity contribution in [1.82, 2.24) is 5.32 Å². The minimum Gasteiger partial charge on any atom is -0.455 e. The minimum absolute atomic E-state index is 0.0648. The molecule has 0 aliphatic carbocycles. The van der Waals surface area contributed by atoms with Gasteiger partial charge < -0.3 is 15.4 Å². The standard InChI is InChI=1S/C21H32N2O4S/c1-5-6-7-8-16(3)22-19(24)13-27-21(26)17(4)28-14-20(25)23-18-11-9-15(2)10-12-18/h9-12,16-17H,5-8,13-14H2,1-4H3,(H,22,24)(H,23,25). The number of nitrogens with one attached hydrogen (secondary N) is 2. The number of unbranched alkanes of at least 4 members (excludes halogenated alkanes) is 2. The number of carbonyl (C=O) groups excluding carboxylic acids is 3. The van der Waals surface area contributed by atoms with E-state index in [4.69, 9.17) is 4.74 Å². The fourth-order valence-electron chi connectivity index (χ4n) is 2.45. The molecule has 1 aromatic carbocycles. The van der Waals surface area contributed by atoms with E-state index in [1.165, 1.54) is 11.8 Å². The number of rotatable bonds is 12. The molecule has 0 aliphatic rings. The van der Waals surface area contributed by atoms with Crippen molar-refractivity contribution in [3.05, 3.63) is 29.8 Å². The van der Waals surface area contributed by atoms with Gasteiger partial charge in [0, 0.05) is 11.7 Å². The average molecular weight is 409 g/mol. The molecule has 2 atom stereocenters. The van der Waals surface area contributed by atoms with Gasteiger partial charge >= 0.3 is 5.97 Å². The Morgan fingerprint density at radius 3 is 2.39 bits per heavy atom. The number of hydrogen-bond donors (Lipinski definition) is 2. The molecule has 0 heterocycles. The van der Waals surface area contributed by atoms with Crippen LogP contribution in [0.5, 0.6) is 0 Å². The van der Waals surface area contributed by atoms with Crippen LogP contribution in [0.4, 0.5) is 5.69 Å². The fraction of sp³-hybridized carbons (Fsp3) is 0.571. The van der Waals surface area contributed by atoms with Gasteiger partial charge in [0.15, 0.2) is 6.61 Å². The van der Waals surface area contributed by atoms with Gasteiger partial charge in [0.2, 0.25) is 5.91 Å². The van der Waals surface area contributed by atoms with E-state index in [1.54, 1.807) is 6.92 Å². The summed E-state index contributed by atoms with van der Waals surface area (Å²) < 4.78 is 5.05. The second-order valence-electron chi connectivity index (χ2n) is 6.94. The van der Waals surface area contributed by atoms with Crippen LogP contribution in [0.1, 0.15) is 52.0 Å². The fourth-order valence-corrected chi connectivity index (χ4v) is 3.12. The van der Waals surface area contributed by atoms with E-state index in [2.05, 4.69) is 17.6 Å². The summed E-state index contributed by atoms with van der Waals surface area (Å²) in [6.45, 7) is 7.42. The summed E-state index contributed by atoms with van der Waals surface area (Å²) in [5.74, 6) is -0.856. The average Bonchev–Trinajstić information content (AvgIpc) is 2.66. The highest BCUT2D eigenvalue weighted by Gasteiger charge is 2.18. The van der Waals surface area contributed by atoms with E-state index in [0.717, 1.165) is 36.9 Å². The number of carbonyl (C=O) groups is 3. The molecule has 2 unspecified atom stereocenters. The summed E-state index contributed by atoms with van der Waals surface area (Å²) >= 11 is 1.18. The molecule has 0 saturated carbocycles. The van der Waals surface area contributed by atoms with Gasteiger partial charge in [0.25, 0.3) is 5.91 Å². The molecule has 0 spiro atoms. The van der Waals surface area contributed by atoms with Gasteiger partial charge in [-0.15, -0.1) is 11.8 Å². The zero-order valence-electron chi connectivity index (χ0n) is 17.2. The summed E-state index contributed by atoms with van der Waals surface area (Å²) in [6, 6.07) is 7.56. The van der Waals surface area contributed by atoms with E-state index in [-0.39, 0.29) is 30.2 Å². The van der Waals surface area contributed by atoms with Crippen LogP contribution in [0.2, 0.25) is 0 Å². The third-order valence-electron chi connectivity index (χ3n) is 4.13. The molecule has 0 aromatic heterocycles. The summed E-state index contributed by atoms with van der Waals surface area (Å²) in [5.41, 5.74) is 1.83. The van der Waals surface area contributed by atoms with Gasteiger partial charge in [0.1, 0.15) is 5.25 Å². The van der Waals surface area contributed by atoms with Gasteiger partial charge in [-0.2, -0.15) is 0 Å². The lowest BCUT2D eigenvalue weighted by Gasteiger charge is -2.15. The largest absolute Gasteiger partial charge is 0.455 e. The highest BCUT2D eigenvalue weighted by molar-refractivity contribution is 8.01. The lowest BCUT2D eigenvalue weighted by Crippen LogP contribution is -2.36. The van der Waals surface area contributed by atoms with E-state index in [9.17, 15) is 14.4 Å². The third kappa shape index (κ3) is 10.3. The van der Waals surface area contributed by atoms with Gasteiger partial charge in [-0.1, -0.05) is 43.9 Å². The van der Waals surface area contributed by atoms with Crippen LogP contribution >= 0.6 is 11.8 Å². The number of benzene rings is 1. The van der Waals surface area contributed by atoms with Gasteiger partial charge in [0.05, 0.1) is 5.75 Å². The number of anilines is 1. The molecule has 1 rings (SSSR count). The van der Waals surface area contributed by atoms with Crippen LogP contribution in [0.3, 0.4) is 0 Å². The van der Waals surface area contributed by atoms with Crippen LogP contribution in [0, 0.1) is 6.92 Å². The molecule has 0 saturated heterocycles. The topological polar surface area (TPSA) is 84.5 Å². The Morgan fingerprint density at radius 1 is 1.07 bits per heavy atom. The first-order valence-corrected chi connectivity index (χ1v) is 10.8. The van der Waals surface area contributed by atoms with Gasteiger partial charge in [-0.3, -0.25) is 14.4 Å². The smallest absolute Gasteiger partial charge is 0.319 e. The Labute approximate surface area is 172 Å². The van der Waals surface area contributed by atoms with Crippen LogP contribution in [0.25, 0.3) is 0 Å². The van der Waals surface area contributed by atoms with Crippen molar-refractivity contribution in [2.45, 2.75) is 64.7 Å². The first-order valence-electron chi connectivity index (χ1n) is 9.76. The molecular weight excluding hydrogens is 376 g/mol. The quantitative estimate of drug-likeness (QED) is 0.407. The molecule has 2 amide bonds. The van der Waals surface area contributed by atoms with Crippen molar-refractivity contribution in [2.75, 3.05) is 17.7 Å². The highest BCUT2D eigenvalue weighted by Crippen LogP contribution is 2.14. The normalized spacial score (nSPS) is 12.7. The number of amides is 2. The predicted octanol–water partition coefficient (Wildman–Crippen LogP) is 3.68. The SMILES string of the molecule is CCCCCC(C)NC(=O)COC(=O)C(C)SCC(=O)Nc1ccc(C)cc1. The second-order valence-corrected chi connectivity index (χ2v) is 8.27. The predicted molar refractivity (Wildman–Crippen MR) is 114 cm³/mol. The Balaban J connectivity index is 2.24. The Bertz CT molecular complexity index is 634. The van der Waals surface area contributed by atoms with Crippen molar-refractivity contribution in [2.24, 2.45) is 0 Å². The molecular formula is C21H32N2O4S. The van der Waals surface area contributed by atoms with Crippen molar-refractivity contribution in [3.8, 4) is 0 Å².